The molecule has 0 spiro atoms. The number of carbonyl (C=O) groups excluding carboxylic acids is 2. The van der Waals surface area contributed by atoms with E-state index in [0.717, 1.165) is 38.9 Å². The fourth-order valence-electron chi connectivity index (χ4n) is 3.63. The number of likely N-dealkylation sites (N-methyl/N-ethyl adjacent to an activating group) is 1. The molecular formula is C26H31N3O3. The van der Waals surface area contributed by atoms with Gasteiger partial charge in [0.1, 0.15) is 5.75 Å². The second kappa shape index (κ2) is 10.3. The Morgan fingerprint density at radius 1 is 1.00 bits per heavy atom. The molecule has 168 valence electrons. The SMILES string of the molecule is COc1ccc2cc(CN(C)C(C)C(=O)NCC(=O)Nc3c(C)cccc3C)ccc2c1. The van der Waals surface area contributed by atoms with Crippen LogP contribution in [0.3, 0.4) is 0 Å². The molecule has 1 atom stereocenters. The molecule has 0 saturated heterocycles. The van der Waals surface area contributed by atoms with E-state index >= 15 is 0 Å². The van der Waals surface area contributed by atoms with E-state index in [1.165, 1.54) is 0 Å². The average molecular weight is 434 g/mol. The summed E-state index contributed by atoms with van der Waals surface area (Å²) in [5.74, 6) is 0.402. The van der Waals surface area contributed by atoms with Crippen LogP contribution in [0.15, 0.2) is 54.6 Å². The molecule has 0 aromatic heterocycles. The molecule has 3 aromatic rings. The van der Waals surface area contributed by atoms with Crippen LogP contribution in [0.4, 0.5) is 5.69 Å². The van der Waals surface area contributed by atoms with E-state index in [-0.39, 0.29) is 24.4 Å². The van der Waals surface area contributed by atoms with Crippen LogP contribution in [-0.4, -0.2) is 43.5 Å². The maximum atomic E-state index is 12.6. The molecule has 3 aromatic carbocycles. The van der Waals surface area contributed by atoms with Crippen molar-refractivity contribution in [2.24, 2.45) is 0 Å². The van der Waals surface area contributed by atoms with Crippen molar-refractivity contribution in [3.63, 3.8) is 0 Å². The van der Waals surface area contributed by atoms with Crippen molar-refractivity contribution in [2.75, 3.05) is 26.0 Å². The van der Waals surface area contributed by atoms with E-state index in [4.69, 9.17) is 4.74 Å². The lowest BCUT2D eigenvalue weighted by atomic mass is 10.1. The first kappa shape index (κ1) is 23.3. The zero-order valence-electron chi connectivity index (χ0n) is 19.4. The van der Waals surface area contributed by atoms with Crippen molar-refractivity contribution in [3.8, 4) is 5.75 Å². The van der Waals surface area contributed by atoms with Gasteiger partial charge in [-0.1, -0.05) is 36.4 Å². The predicted octanol–water partition coefficient (Wildman–Crippen LogP) is 4.04. The number of nitrogens with one attached hydrogen (secondary N) is 2. The van der Waals surface area contributed by atoms with Crippen LogP contribution in [0.5, 0.6) is 5.75 Å². The minimum atomic E-state index is -0.380. The number of rotatable bonds is 8. The zero-order chi connectivity index (χ0) is 23.3. The summed E-state index contributed by atoms with van der Waals surface area (Å²) < 4.78 is 5.28. The summed E-state index contributed by atoms with van der Waals surface area (Å²) in [5, 5.41) is 7.86. The van der Waals surface area contributed by atoms with E-state index in [1.54, 1.807) is 7.11 Å². The van der Waals surface area contributed by atoms with E-state index in [2.05, 4.69) is 28.8 Å². The molecule has 32 heavy (non-hydrogen) atoms. The van der Waals surface area contributed by atoms with Gasteiger partial charge in [-0.15, -0.1) is 0 Å². The zero-order valence-corrected chi connectivity index (χ0v) is 19.4. The normalized spacial score (nSPS) is 11.9. The lowest BCUT2D eigenvalue weighted by molar-refractivity contribution is -0.127. The van der Waals surface area contributed by atoms with Gasteiger partial charge in [0.05, 0.1) is 19.7 Å². The van der Waals surface area contributed by atoms with Crippen LogP contribution in [0.25, 0.3) is 10.8 Å². The van der Waals surface area contributed by atoms with Gasteiger partial charge in [0, 0.05) is 12.2 Å². The first-order chi connectivity index (χ1) is 15.3. The van der Waals surface area contributed by atoms with E-state index in [1.807, 2.05) is 69.1 Å². The highest BCUT2D eigenvalue weighted by molar-refractivity contribution is 5.96. The Kier molecular flexibility index (Phi) is 7.49. The molecule has 6 heteroatoms. The van der Waals surface area contributed by atoms with Gasteiger partial charge in [0.15, 0.2) is 0 Å². The third kappa shape index (κ3) is 5.65. The highest BCUT2D eigenvalue weighted by Gasteiger charge is 2.19. The Labute approximate surface area is 189 Å². The van der Waals surface area contributed by atoms with Gasteiger partial charge in [-0.25, -0.2) is 0 Å². The van der Waals surface area contributed by atoms with E-state index < -0.39 is 0 Å². The van der Waals surface area contributed by atoms with Crippen molar-refractivity contribution in [2.45, 2.75) is 33.4 Å². The number of methoxy groups -OCH3 is 1. The summed E-state index contributed by atoms with van der Waals surface area (Å²) in [4.78, 5) is 26.9. The molecule has 1 unspecified atom stereocenters. The number of aryl methyl sites for hydroxylation is 2. The lowest BCUT2D eigenvalue weighted by Crippen LogP contribution is -2.45. The number of ether oxygens (including phenoxy) is 1. The summed E-state index contributed by atoms with van der Waals surface area (Å²) in [6.45, 7) is 6.28. The van der Waals surface area contributed by atoms with Gasteiger partial charge in [-0.05, 0) is 73.5 Å². The van der Waals surface area contributed by atoms with Gasteiger partial charge in [-0.2, -0.15) is 0 Å². The highest BCUT2D eigenvalue weighted by atomic mass is 16.5. The van der Waals surface area contributed by atoms with Gasteiger partial charge in [0.2, 0.25) is 11.8 Å². The van der Waals surface area contributed by atoms with E-state index in [9.17, 15) is 9.59 Å². The van der Waals surface area contributed by atoms with Gasteiger partial charge in [-0.3, -0.25) is 14.5 Å². The third-order valence-corrected chi connectivity index (χ3v) is 5.75. The number of fused-ring (bicyclic) bond motifs is 1. The molecule has 3 rings (SSSR count). The summed E-state index contributed by atoms with van der Waals surface area (Å²) in [5.41, 5.74) is 3.89. The standard InChI is InChI=1S/C26H31N3O3/c1-17-7-6-8-18(2)25(17)28-24(30)15-27-26(31)19(3)29(4)16-20-9-10-22-14-23(32-5)12-11-21(22)13-20/h6-14,19H,15-16H2,1-5H3,(H,27,31)(H,28,30). The van der Waals surface area contributed by atoms with Crippen molar-refractivity contribution in [1.82, 2.24) is 10.2 Å². The summed E-state index contributed by atoms with van der Waals surface area (Å²) in [6, 6.07) is 17.7. The molecule has 0 heterocycles. The topological polar surface area (TPSA) is 70.7 Å². The predicted molar refractivity (Wildman–Crippen MR) is 129 cm³/mol. The molecule has 0 bridgehead atoms. The largest absolute Gasteiger partial charge is 0.497 e. The number of para-hydroxylation sites is 1. The molecular weight excluding hydrogens is 402 g/mol. The maximum Gasteiger partial charge on any atom is 0.243 e. The number of hydrogen-bond donors (Lipinski definition) is 2. The minimum Gasteiger partial charge on any atom is -0.497 e. The molecule has 2 N–H and O–H groups in total. The second-order valence-electron chi connectivity index (χ2n) is 8.17. The van der Waals surface area contributed by atoms with Crippen LogP contribution in [0, 0.1) is 13.8 Å². The summed E-state index contributed by atoms with van der Waals surface area (Å²) in [6.07, 6.45) is 0. The lowest BCUT2D eigenvalue weighted by Gasteiger charge is -2.24. The molecule has 6 nitrogen and oxygen atoms in total. The number of amides is 2. The molecule has 2 amide bonds. The number of anilines is 1. The monoisotopic (exact) mass is 433 g/mol. The first-order valence-electron chi connectivity index (χ1n) is 10.7. The van der Waals surface area contributed by atoms with Crippen LogP contribution in [0.1, 0.15) is 23.6 Å². The van der Waals surface area contributed by atoms with Gasteiger partial charge < -0.3 is 15.4 Å². The van der Waals surface area contributed by atoms with Gasteiger partial charge in [0.25, 0.3) is 0 Å². The summed E-state index contributed by atoms with van der Waals surface area (Å²) >= 11 is 0. The van der Waals surface area contributed by atoms with Crippen molar-refractivity contribution in [3.05, 3.63) is 71.3 Å². The Hall–Kier alpha value is -3.38. The second-order valence-corrected chi connectivity index (χ2v) is 8.17. The van der Waals surface area contributed by atoms with Crippen LogP contribution in [-0.2, 0) is 16.1 Å². The molecule has 0 saturated carbocycles. The Balaban J connectivity index is 1.54. The van der Waals surface area contributed by atoms with Crippen LogP contribution < -0.4 is 15.4 Å². The van der Waals surface area contributed by atoms with Crippen LogP contribution >= 0.6 is 0 Å². The maximum absolute atomic E-state index is 12.6. The van der Waals surface area contributed by atoms with Crippen molar-refractivity contribution in [1.29, 1.82) is 0 Å². The third-order valence-electron chi connectivity index (χ3n) is 5.75. The fraction of sp³-hybridized carbons (Fsp3) is 0.308. The van der Waals surface area contributed by atoms with Crippen LogP contribution in [0.2, 0.25) is 0 Å². The smallest absolute Gasteiger partial charge is 0.243 e. The quantitative estimate of drug-likeness (QED) is 0.563. The number of carbonyl (C=O) groups is 2. The molecule has 0 aliphatic rings. The molecule has 0 aliphatic carbocycles. The Morgan fingerprint density at radius 3 is 2.34 bits per heavy atom. The Bertz CT molecular complexity index is 1110. The molecule has 0 radical (unpaired) electrons. The number of nitrogens with zero attached hydrogens (tertiary/aromatic N) is 1. The average Bonchev–Trinajstić information content (AvgIpc) is 2.79. The van der Waals surface area contributed by atoms with Gasteiger partial charge >= 0.3 is 0 Å². The Morgan fingerprint density at radius 2 is 1.66 bits per heavy atom. The van der Waals surface area contributed by atoms with Crippen molar-refractivity contribution >= 4 is 28.3 Å². The first-order valence-corrected chi connectivity index (χ1v) is 10.7. The fourth-order valence-corrected chi connectivity index (χ4v) is 3.63. The van der Waals surface area contributed by atoms with E-state index in [0.29, 0.717) is 6.54 Å². The summed E-state index contributed by atoms with van der Waals surface area (Å²) in [7, 11) is 3.56. The number of hydrogen-bond acceptors (Lipinski definition) is 4. The number of benzene rings is 3. The highest BCUT2D eigenvalue weighted by Crippen LogP contribution is 2.23. The molecule has 0 fully saturated rings. The van der Waals surface area contributed by atoms with Crippen molar-refractivity contribution < 1.29 is 14.3 Å². The molecule has 0 aliphatic heterocycles. The minimum absolute atomic E-state index is 0.0669.